The smallest absolute Gasteiger partial charge is 0.258 e. The summed E-state index contributed by atoms with van der Waals surface area (Å²) in [5.41, 5.74) is -0.308. The summed E-state index contributed by atoms with van der Waals surface area (Å²) < 4.78 is 13.4. The third-order valence-corrected chi connectivity index (χ3v) is 2.00. The van der Waals surface area contributed by atoms with Gasteiger partial charge in [0.25, 0.3) is 0 Å². The van der Waals surface area contributed by atoms with Gasteiger partial charge in [0.2, 0.25) is 5.82 Å². The van der Waals surface area contributed by atoms with Gasteiger partial charge in [0.15, 0.2) is 0 Å². The minimum Gasteiger partial charge on any atom is -0.258 e. The topological polar surface area (TPSA) is 43.1 Å². The average Bonchev–Trinajstić information content (AvgIpc) is 2.20. The molecular weight excluding hydrogens is 221 g/mol. The Balaban J connectivity index is 2.99. The minimum absolute atomic E-state index is 0.203. The van der Waals surface area contributed by atoms with E-state index in [1.807, 2.05) is 0 Å². The highest BCUT2D eigenvalue weighted by Gasteiger charge is 2.15. The Hall–Kier alpha value is -1.42. The van der Waals surface area contributed by atoms with Crippen LogP contribution in [0.15, 0.2) is 24.3 Å². The van der Waals surface area contributed by atoms with Crippen LogP contribution < -0.4 is 0 Å². The monoisotopic (exact) mass is 229 g/mol. The zero-order valence-electron chi connectivity index (χ0n) is 7.82. The molecule has 0 amide bonds. The molecular formula is C10H9ClFNO2. The Kier molecular flexibility index (Phi) is 4.24. The lowest BCUT2D eigenvalue weighted by Gasteiger charge is -1.97. The lowest BCUT2D eigenvalue weighted by molar-refractivity contribution is -0.387. The van der Waals surface area contributed by atoms with E-state index in [1.165, 1.54) is 18.2 Å². The van der Waals surface area contributed by atoms with Crippen molar-refractivity contribution in [1.82, 2.24) is 0 Å². The number of alkyl halides is 1. The highest BCUT2D eigenvalue weighted by molar-refractivity contribution is 6.17. The summed E-state index contributed by atoms with van der Waals surface area (Å²) in [6.07, 6.45) is 3.77. The maximum absolute atomic E-state index is 13.4. The molecule has 0 aromatic heterocycles. The van der Waals surface area contributed by atoms with Crippen LogP contribution in [0.5, 0.6) is 0 Å². The summed E-state index contributed by atoms with van der Waals surface area (Å²) in [5, 5.41) is 10.4. The van der Waals surface area contributed by atoms with Crippen LogP contribution in [-0.4, -0.2) is 10.8 Å². The summed E-state index contributed by atoms with van der Waals surface area (Å²) in [6.45, 7) is 0. The first kappa shape index (κ1) is 11.7. The first-order chi connectivity index (χ1) is 7.16. The third-order valence-electron chi connectivity index (χ3n) is 1.78. The fourth-order valence-electron chi connectivity index (χ4n) is 1.08. The van der Waals surface area contributed by atoms with Crippen LogP contribution in [0.25, 0.3) is 6.08 Å². The van der Waals surface area contributed by atoms with Crippen LogP contribution in [0.1, 0.15) is 12.0 Å². The largest absolute Gasteiger partial charge is 0.305 e. The molecule has 5 heteroatoms. The normalized spacial score (nSPS) is 10.8. The van der Waals surface area contributed by atoms with Crippen molar-refractivity contribution >= 4 is 23.4 Å². The van der Waals surface area contributed by atoms with E-state index >= 15 is 0 Å². The quantitative estimate of drug-likeness (QED) is 0.451. The SMILES string of the molecule is O=[N+]([O-])c1cccc(C=CCCCl)c1F. The molecule has 80 valence electrons. The van der Waals surface area contributed by atoms with Gasteiger partial charge in [-0.1, -0.05) is 24.3 Å². The molecule has 1 rings (SSSR count). The number of hydrogen-bond donors (Lipinski definition) is 0. The fourth-order valence-corrected chi connectivity index (χ4v) is 1.21. The summed E-state index contributed by atoms with van der Waals surface area (Å²) in [6, 6.07) is 4.06. The lowest BCUT2D eigenvalue weighted by atomic mass is 10.1. The molecule has 0 aliphatic rings. The molecule has 0 bridgehead atoms. The maximum Gasteiger partial charge on any atom is 0.305 e. The van der Waals surface area contributed by atoms with Crippen LogP contribution in [0, 0.1) is 15.9 Å². The molecule has 1 aromatic rings. The first-order valence-electron chi connectivity index (χ1n) is 4.32. The van der Waals surface area contributed by atoms with Crippen LogP contribution in [-0.2, 0) is 0 Å². The van der Waals surface area contributed by atoms with Gasteiger partial charge in [0.1, 0.15) is 0 Å². The summed E-state index contributed by atoms with van der Waals surface area (Å²) >= 11 is 5.44. The van der Waals surface area contributed by atoms with E-state index in [4.69, 9.17) is 11.6 Å². The summed E-state index contributed by atoms with van der Waals surface area (Å²) in [7, 11) is 0. The van der Waals surface area contributed by atoms with Gasteiger partial charge in [-0.2, -0.15) is 4.39 Å². The Morgan fingerprint density at radius 1 is 1.53 bits per heavy atom. The van der Waals surface area contributed by atoms with Crippen molar-refractivity contribution in [3.8, 4) is 0 Å². The zero-order valence-corrected chi connectivity index (χ0v) is 8.58. The fraction of sp³-hybridized carbons (Fsp3) is 0.200. The van der Waals surface area contributed by atoms with Gasteiger partial charge in [-0.3, -0.25) is 10.1 Å². The molecule has 0 aliphatic heterocycles. The summed E-state index contributed by atoms with van der Waals surface area (Å²) in [5.74, 6) is -0.374. The zero-order chi connectivity index (χ0) is 11.3. The Bertz CT molecular complexity index is 393. The third kappa shape index (κ3) is 3.02. The molecule has 0 fully saturated rings. The summed E-state index contributed by atoms with van der Waals surface area (Å²) in [4.78, 5) is 9.68. The van der Waals surface area contributed by atoms with E-state index in [0.717, 1.165) is 6.07 Å². The predicted octanol–water partition coefficient (Wildman–Crippen LogP) is 3.38. The van der Waals surface area contributed by atoms with E-state index in [-0.39, 0.29) is 5.56 Å². The Labute approximate surface area is 91.3 Å². The van der Waals surface area contributed by atoms with Crippen LogP contribution in [0.2, 0.25) is 0 Å². The molecule has 0 saturated carbocycles. The van der Waals surface area contributed by atoms with Gasteiger partial charge in [-0.25, -0.2) is 0 Å². The molecule has 0 saturated heterocycles. The standard InChI is InChI=1S/C10H9ClFNO2/c11-7-2-1-4-8-5-3-6-9(10(8)12)13(14)15/h1,3-6H,2,7H2. The van der Waals surface area contributed by atoms with Gasteiger partial charge in [0.05, 0.1) is 4.92 Å². The van der Waals surface area contributed by atoms with E-state index in [1.54, 1.807) is 6.08 Å². The molecule has 0 atom stereocenters. The first-order valence-corrected chi connectivity index (χ1v) is 4.85. The number of hydrogen-bond acceptors (Lipinski definition) is 2. The van der Waals surface area contributed by atoms with Crippen LogP contribution in [0.4, 0.5) is 10.1 Å². The van der Waals surface area contributed by atoms with Crippen molar-refractivity contribution in [3.63, 3.8) is 0 Å². The number of allylic oxidation sites excluding steroid dienone is 1. The molecule has 0 unspecified atom stereocenters. The van der Waals surface area contributed by atoms with E-state index < -0.39 is 16.4 Å². The van der Waals surface area contributed by atoms with Crippen molar-refractivity contribution in [3.05, 3.63) is 45.8 Å². The van der Waals surface area contributed by atoms with Crippen LogP contribution in [0.3, 0.4) is 0 Å². The van der Waals surface area contributed by atoms with Gasteiger partial charge in [0, 0.05) is 17.5 Å². The molecule has 0 radical (unpaired) electrons. The lowest BCUT2D eigenvalue weighted by Crippen LogP contribution is -1.94. The second-order valence-electron chi connectivity index (χ2n) is 2.82. The maximum atomic E-state index is 13.4. The van der Waals surface area contributed by atoms with Crippen LogP contribution >= 0.6 is 11.6 Å². The predicted molar refractivity (Wildman–Crippen MR) is 57.4 cm³/mol. The highest BCUT2D eigenvalue weighted by atomic mass is 35.5. The average molecular weight is 230 g/mol. The molecule has 15 heavy (non-hydrogen) atoms. The minimum atomic E-state index is -0.812. The van der Waals surface area contributed by atoms with E-state index in [9.17, 15) is 14.5 Å². The molecule has 3 nitrogen and oxygen atoms in total. The number of nitro benzene ring substituents is 1. The second kappa shape index (κ2) is 5.46. The highest BCUT2D eigenvalue weighted by Crippen LogP contribution is 2.21. The van der Waals surface area contributed by atoms with Crippen molar-refractivity contribution < 1.29 is 9.31 Å². The Morgan fingerprint density at radius 2 is 2.27 bits per heavy atom. The number of rotatable bonds is 4. The number of nitrogens with zero attached hydrogens (tertiary/aromatic N) is 1. The number of nitro groups is 1. The molecule has 0 N–H and O–H groups in total. The second-order valence-corrected chi connectivity index (χ2v) is 3.20. The van der Waals surface area contributed by atoms with Gasteiger partial charge in [-0.15, -0.1) is 11.6 Å². The van der Waals surface area contributed by atoms with Crippen molar-refractivity contribution in [2.24, 2.45) is 0 Å². The molecule has 1 aromatic carbocycles. The molecule has 0 heterocycles. The van der Waals surface area contributed by atoms with Gasteiger partial charge in [-0.05, 0) is 6.42 Å². The number of halogens is 2. The molecule has 0 spiro atoms. The van der Waals surface area contributed by atoms with E-state index in [2.05, 4.69) is 0 Å². The van der Waals surface area contributed by atoms with Crippen molar-refractivity contribution in [2.75, 3.05) is 5.88 Å². The van der Waals surface area contributed by atoms with Gasteiger partial charge >= 0.3 is 5.69 Å². The molecule has 0 aliphatic carbocycles. The number of benzene rings is 1. The Morgan fingerprint density at radius 3 is 2.87 bits per heavy atom. The van der Waals surface area contributed by atoms with E-state index in [0.29, 0.717) is 12.3 Å². The van der Waals surface area contributed by atoms with Gasteiger partial charge < -0.3 is 0 Å². The van der Waals surface area contributed by atoms with Crippen molar-refractivity contribution in [2.45, 2.75) is 6.42 Å². The van der Waals surface area contributed by atoms with Crippen molar-refractivity contribution in [1.29, 1.82) is 0 Å².